The van der Waals surface area contributed by atoms with E-state index in [-0.39, 0.29) is 0 Å². The Balaban J connectivity index is 2.08. The number of hydrogen-bond acceptors (Lipinski definition) is 2. The SMILES string of the molecule is NC(=O)N/N=C/CCC1C=CCCC1. The van der Waals surface area contributed by atoms with Gasteiger partial charge < -0.3 is 5.73 Å². The van der Waals surface area contributed by atoms with Gasteiger partial charge in [-0.05, 0) is 38.0 Å². The van der Waals surface area contributed by atoms with Gasteiger partial charge in [-0.2, -0.15) is 5.10 Å². The average molecular weight is 195 g/mol. The number of urea groups is 1. The number of hydrazone groups is 1. The van der Waals surface area contributed by atoms with E-state index in [1.54, 1.807) is 6.21 Å². The topological polar surface area (TPSA) is 67.5 Å². The zero-order valence-corrected chi connectivity index (χ0v) is 8.28. The van der Waals surface area contributed by atoms with E-state index in [0.717, 1.165) is 12.8 Å². The van der Waals surface area contributed by atoms with Crippen molar-refractivity contribution in [2.24, 2.45) is 16.8 Å². The Morgan fingerprint density at radius 1 is 1.71 bits per heavy atom. The third-order valence-electron chi connectivity index (χ3n) is 2.29. The molecule has 78 valence electrons. The molecule has 0 aromatic carbocycles. The summed E-state index contributed by atoms with van der Waals surface area (Å²) in [5.41, 5.74) is 7.02. The van der Waals surface area contributed by atoms with Gasteiger partial charge in [-0.1, -0.05) is 12.2 Å². The Morgan fingerprint density at radius 2 is 2.57 bits per heavy atom. The van der Waals surface area contributed by atoms with Crippen molar-refractivity contribution in [2.75, 3.05) is 0 Å². The lowest BCUT2D eigenvalue weighted by molar-refractivity contribution is 0.249. The maximum absolute atomic E-state index is 10.3. The van der Waals surface area contributed by atoms with E-state index >= 15 is 0 Å². The summed E-state index contributed by atoms with van der Waals surface area (Å²) < 4.78 is 0. The van der Waals surface area contributed by atoms with Crippen molar-refractivity contribution in [3.05, 3.63) is 12.2 Å². The summed E-state index contributed by atoms with van der Waals surface area (Å²) in [5.74, 6) is 0.684. The number of nitrogens with zero attached hydrogens (tertiary/aromatic N) is 1. The Bertz CT molecular complexity index is 236. The fraction of sp³-hybridized carbons (Fsp3) is 0.600. The molecule has 1 aliphatic rings. The van der Waals surface area contributed by atoms with Crippen molar-refractivity contribution >= 4 is 12.2 Å². The van der Waals surface area contributed by atoms with Crippen molar-refractivity contribution in [3.8, 4) is 0 Å². The molecule has 0 aromatic heterocycles. The quantitative estimate of drug-likeness (QED) is 0.401. The van der Waals surface area contributed by atoms with Gasteiger partial charge in [-0.15, -0.1) is 0 Å². The molecule has 1 aliphatic carbocycles. The monoisotopic (exact) mass is 195 g/mol. The second kappa shape index (κ2) is 6.18. The molecule has 0 bridgehead atoms. The van der Waals surface area contributed by atoms with Gasteiger partial charge in [0.1, 0.15) is 0 Å². The minimum Gasteiger partial charge on any atom is -0.350 e. The van der Waals surface area contributed by atoms with Crippen molar-refractivity contribution in [3.63, 3.8) is 0 Å². The van der Waals surface area contributed by atoms with Crippen LogP contribution in [-0.4, -0.2) is 12.2 Å². The number of nitrogens with two attached hydrogens (primary N) is 1. The van der Waals surface area contributed by atoms with Crippen LogP contribution in [0.5, 0.6) is 0 Å². The standard InChI is InChI=1S/C10H17N3O/c11-10(14)13-12-8-4-7-9-5-2-1-3-6-9/h2,5,8-9H,1,3-4,6-7H2,(H3,11,13,14)/b12-8+. The average Bonchev–Trinajstić information content (AvgIpc) is 2.18. The van der Waals surface area contributed by atoms with E-state index in [0.29, 0.717) is 5.92 Å². The van der Waals surface area contributed by atoms with Crippen LogP contribution in [0, 0.1) is 5.92 Å². The van der Waals surface area contributed by atoms with Crippen LogP contribution >= 0.6 is 0 Å². The molecule has 1 rings (SSSR count). The smallest absolute Gasteiger partial charge is 0.332 e. The molecular weight excluding hydrogens is 178 g/mol. The molecule has 0 saturated heterocycles. The molecule has 2 amide bonds. The molecule has 4 heteroatoms. The van der Waals surface area contributed by atoms with Gasteiger partial charge in [0.05, 0.1) is 0 Å². The zero-order valence-electron chi connectivity index (χ0n) is 8.28. The minimum atomic E-state index is -0.612. The fourth-order valence-corrected chi connectivity index (χ4v) is 1.59. The third-order valence-corrected chi connectivity index (χ3v) is 2.29. The Kier molecular flexibility index (Phi) is 4.75. The van der Waals surface area contributed by atoms with Crippen molar-refractivity contribution in [1.29, 1.82) is 0 Å². The molecule has 0 radical (unpaired) electrons. The van der Waals surface area contributed by atoms with E-state index < -0.39 is 6.03 Å². The predicted molar refractivity (Wildman–Crippen MR) is 56.9 cm³/mol. The highest BCUT2D eigenvalue weighted by Gasteiger charge is 2.06. The van der Waals surface area contributed by atoms with E-state index in [9.17, 15) is 4.79 Å². The van der Waals surface area contributed by atoms with E-state index in [1.807, 2.05) is 0 Å². The van der Waals surface area contributed by atoms with E-state index in [1.165, 1.54) is 19.3 Å². The van der Waals surface area contributed by atoms with Crippen LogP contribution in [-0.2, 0) is 0 Å². The maximum Gasteiger partial charge on any atom is 0.332 e. The van der Waals surface area contributed by atoms with E-state index in [2.05, 4.69) is 22.7 Å². The van der Waals surface area contributed by atoms with Crippen LogP contribution in [0.1, 0.15) is 32.1 Å². The number of hydrogen-bond donors (Lipinski definition) is 2. The Labute approximate surface area is 84.2 Å². The molecule has 14 heavy (non-hydrogen) atoms. The second-order valence-corrected chi connectivity index (χ2v) is 3.48. The van der Waals surface area contributed by atoms with Crippen LogP contribution in [0.15, 0.2) is 17.3 Å². The Morgan fingerprint density at radius 3 is 3.21 bits per heavy atom. The lowest BCUT2D eigenvalue weighted by Crippen LogP contribution is -2.24. The van der Waals surface area contributed by atoms with Crippen LogP contribution in [0.4, 0.5) is 4.79 Å². The summed E-state index contributed by atoms with van der Waals surface area (Å²) >= 11 is 0. The Hall–Kier alpha value is -1.32. The van der Waals surface area contributed by atoms with Gasteiger partial charge in [0.25, 0.3) is 0 Å². The number of primary amides is 1. The molecule has 0 heterocycles. The van der Waals surface area contributed by atoms with Gasteiger partial charge in [0, 0.05) is 6.21 Å². The maximum atomic E-state index is 10.3. The predicted octanol–water partition coefficient (Wildman–Crippen LogP) is 1.78. The van der Waals surface area contributed by atoms with Crippen molar-refractivity contribution in [1.82, 2.24) is 5.43 Å². The first-order valence-corrected chi connectivity index (χ1v) is 5.02. The lowest BCUT2D eigenvalue weighted by Gasteiger charge is -2.14. The molecule has 1 atom stereocenters. The summed E-state index contributed by atoms with van der Waals surface area (Å²) in [6, 6.07) is -0.612. The first-order valence-electron chi connectivity index (χ1n) is 5.02. The zero-order chi connectivity index (χ0) is 10.2. The lowest BCUT2D eigenvalue weighted by atomic mass is 9.92. The summed E-state index contributed by atoms with van der Waals surface area (Å²) in [6.45, 7) is 0. The molecular formula is C10H17N3O. The van der Waals surface area contributed by atoms with Crippen LogP contribution in [0.25, 0.3) is 0 Å². The number of carbonyl (C=O) groups excluding carboxylic acids is 1. The highest BCUT2D eigenvalue weighted by molar-refractivity contribution is 5.72. The highest BCUT2D eigenvalue weighted by atomic mass is 16.2. The number of carbonyl (C=O) groups is 1. The molecule has 0 aliphatic heterocycles. The second-order valence-electron chi connectivity index (χ2n) is 3.48. The molecule has 4 nitrogen and oxygen atoms in total. The summed E-state index contributed by atoms with van der Waals surface area (Å²) in [7, 11) is 0. The first-order chi connectivity index (χ1) is 6.79. The molecule has 0 spiro atoms. The van der Waals surface area contributed by atoms with Gasteiger partial charge >= 0.3 is 6.03 Å². The van der Waals surface area contributed by atoms with Crippen LogP contribution in [0.3, 0.4) is 0 Å². The summed E-state index contributed by atoms with van der Waals surface area (Å²) in [6.07, 6.45) is 12.0. The van der Waals surface area contributed by atoms with Gasteiger partial charge in [0.15, 0.2) is 0 Å². The minimum absolute atomic E-state index is 0.612. The van der Waals surface area contributed by atoms with Crippen LogP contribution < -0.4 is 11.2 Å². The van der Waals surface area contributed by atoms with Crippen molar-refractivity contribution in [2.45, 2.75) is 32.1 Å². The molecule has 3 N–H and O–H groups in total. The van der Waals surface area contributed by atoms with Crippen LogP contribution in [0.2, 0.25) is 0 Å². The largest absolute Gasteiger partial charge is 0.350 e. The number of nitrogens with one attached hydrogen (secondary N) is 1. The summed E-state index contributed by atoms with van der Waals surface area (Å²) in [5, 5.41) is 3.68. The van der Waals surface area contributed by atoms with Gasteiger partial charge in [-0.3, -0.25) is 0 Å². The molecule has 0 saturated carbocycles. The molecule has 1 unspecified atom stereocenters. The normalized spacial score (nSPS) is 21.3. The number of rotatable bonds is 4. The first kappa shape index (κ1) is 10.8. The van der Waals surface area contributed by atoms with E-state index in [4.69, 9.17) is 5.73 Å². The van der Waals surface area contributed by atoms with Gasteiger partial charge in [0.2, 0.25) is 0 Å². The number of amides is 2. The fourth-order valence-electron chi connectivity index (χ4n) is 1.59. The molecule has 0 fully saturated rings. The molecule has 0 aromatic rings. The highest BCUT2D eigenvalue weighted by Crippen LogP contribution is 2.20. The number of allylic oxidation sites excluding steroid dienone is 2. The summed E-state index contributed by atoms with van der Waals surface area (Å²) in [4.78, 5) is 10.3. The van der Waals surface area contributed by atoms with Gasteiger partial charge in [-0.25, -0.2) is 10.2 Å². The van der Waals surface area contributed by atoms with Crippen molar-refractivity contribution < 1.29 is 4.79 Å². The third kappa shape index (κ3) is 4.64.